The largest absolute Gasteiger partial charge is 0.444 e. The summed E-state index contributed by atoms with van der Waals surface area (Å²) in [7, 11) is 0. The van der Waals surface area contributed by atoms with Crippen LogP contribution < -0.4 is 5.32 Å². The third-order valence-corrected chi connectivity index (χ3v) is 4.14. The van der Waals surface area contributed by atoms with E-state index in [-0.39, 0.29) is 0 Å². The highest BCUT2D eigenvalue weighted by Crippen LogP contribution is 2.21. The highest BCUT2D eigenvalue weighted by molar-refractivity contribution is 5.97. The Morgan fingerprint density at radius 3 is 2.27 bits per heavy atom. The van der Waals surface area contributed by atoms with Gasteiger partial charge in [-0.25, -0.2) is 9.18 Å². The van der Waals surface area contributed by atoms with Crippen LogP contribution >= 0.6 is 0 Å². The molecule has 5 nitrogen and oxygen atoms in total. The molecule has 0 aliphatic rings. The number of anilines is 1. The predicted molar refractivity (Wildman–Crippen MR) is 110 cm³/mol. The molecule has 0 unspecified atom stereocenters. The lowest BCUT2D eigenvalue weighted by Crippen LogP contribution is -2.25. The van der Waals surface area contributed by atoms with Crippen LogP contribution in [0.2, 0.25) is 0 Å². The number of hydrogen-bond acceptors (Lipinski definition) is 4. The number of esters is 1. The average Bonchev–Trinajstić information content (AvgIpc) is 2.78. The number of hydrogen-bond donors (Lipinski definition) is 1. The standard InChI is InChI=1S/C24H17FN2O3/c25-20-11-13-21(14-12-20)27-24(29)23(19-4-2-1-3-5-19)30-22(28)15-10-17-6-8-18(16-26)9-7-17/h1-15,23H,(H,27,29)/b15-10+/t23-/m0/s1. The van der Waals surface area contributed by atoms with Gasteiger partial charge < -0.3 is 10.1 Å². The van der Waals surface area contributed by atoms with Gasteiger partial charge >= 0.3 is 5.97 Å². The number of nitrogens with one attached hydrogen (secondary N) is 1. The minimum absolute atomic E-state index is 0.381. The minimum atomic E-state index is -1.19. The summed E-state index contributed by atoms with van der Waals surface area (Å²) < 4.78 is 18.5. The summed E-state index contributed by atoms with van der Waals surface area (Å²) in [6, 6.07) is 22.5. The summed E-state index contributed by atoms with van der Waals surface area (Å²) in [4.78, 5) is 25.1. The van der Waals surface area contributed by atoms with Crippen LogP contribution in [0.15, 0.2) is 84.9 Å². The molecule has 0 fully saturated rings. The Morgan fingerprint density at radius 2 is 1.63 bits per heavy atom. The number of carbonyl (C=O) groups excluding carboxylic acids is 2. The fraction of sp³-hybridized carbons (Fsp3) is 0.0417. The quantitative estimate of drug-likeness (QED) is 0.483. The molecule has 6 heteroatoms. The highest BCUT2D eigenvalue weighted by atomic mass is 19.1. The van der Waals surface area contributed by atoms with Crippen LogP contribution in [-0.4, -0.2) is 11.9 Å². The van der Waals surface area contributed by atoms with E-state index in [2.05, 4.69) is 5.32 Å². The third kappa shape index (κ3) is 5.63. The number of rotatable bonds is 6. The fourth-order valence-electron chi connectivity index (χ4n) is 2.63. The zero-order valence-corrected chi connectivity index (χ0v) is 15.8. The van der Waals surface area contributed by atoms with Crippen molar-refractivity contribution < 1.29 is 18.7 Å². The third-order valence-electron chi connectivity index (χ3n) is 4.14. The molecule has 0 heterocycles. The molecule has 0 aliphatic heterocycles. The molecule has 0 aliphatic carbocycles. The summed E-state index contributed by atoms with van der Waals surface area (Å²) in [5, 5.41) is 11.4. The fourth-order valence-corrected chi connectivity index (χ4v) is 2.63. The topological polar surface area (TPSA) is 79.2 Å². The van der Waals surface area contributed by atoms with Crippen LogP contribution in [0.3, 0.4) is 0 Å². The van der Waals surface area contributed by atoms with Crippen molar-refractivity contribution in [2.75, 3.05) is 5.32 Å². The average molecular weight is 400 g/mol. The van der Waals surface area contributed by atoms with E-state index in [1.54, 1.807) is 54.6 Å². The number of halogens is 1. The number of carbonyl (C=O) groups is 2. The molecule has 0 saturated carbocycles. The van der Waals surface area contributed by atoms with Gasteiger partial charge in [0.15, 0.2) is 0 Å². The number of ether oxygens (including phenoxy) is 1. The molecular weight excluding hydrogens is 383 g/mol. The summed E-state index contributed by atoms with van der Waals surface area (Å²) in [6.45, 7) is 0. The van der Waals surface area contributed by atoms with E-state index in [0.29, 0.717) is 22.4 Å². The van der Waals surface area contributed by atoms with Crippen molar-refractivity contribution >= 4 is 23.6 Å². The first-order valence-electron chi connectivity index (χ1n) is 9.05. The molecule has 148 valence electrons. The minimum Gasteiger partial charge on any atom is -0.444 e. The Kier molecular flexibility index (Phi) is 6.70. The molecule has 3 aromatic rings. The van der Waals surface area contributed by atoms with E-state index in [0.717, 1.165) is 0 Å². The summed E-state index contributed by atoms with van der Waals surface area (Å²) in [6.07, 6.45) is 1.56. The van der Waals surface area contributed by atoms with Crippen molar-refractivity contribution in [2.24, 2.45) is 0 Å². The molecule has 3 aromatic carbocycles. The van der Waals surface area contributed by atoms with Gasteiger partial charge in [-0.1, -0.05) is 42.5 Å². The normalized spacial score (nSPS) is 11.5. The van der Waals surface area contributed by atoms with Crippen LogP contribution in [0.25, 0.3) is 6.08 Å². The van der Waals surface area contributed by atoms with Crippen molar-refractivity contribution in [3.05, 3.63) is 107 Å². The molecule has 1 N–H and O–H groups in total. The summed E-state index contributed by atoms with van der Waals surface area (Å²) in [5.74, 6) is -1.69. The lowest BCUT2D eigenvalue weighted by Gasteiger charge is -2.17. The Hall–Kier alpha value is -4.24. The Balaban J connectivity index is 1.74. The van der Waals surface area contributed by atoms with E-state index >= 15 is 0 Å². The van der Waals surface area contributed by atoms with E-state index in [9.17, 15) is 14.0 Å². The smallest absolute Gasteiger partial charge is 0.331 e. The first-order chi connectivity index (χ1) is 14.5. The number of nitrogens with zero attached hydrogens (tertiary/aromatic N) is 1. The highest BCUT2D eigenvalue weighted by Gasteiger charge is 2.24. The molecule has 1 atom stereocenters. The van der Waals surface area contributed by atoms with Crippen LogP contribution in [0.5, 0.6) is 0 Å². The van der Waals surface area contributed by atoms with Crippen LogP contribution in [0.4, 0.5) is 10.1 Å². The maximum Gasteiger partial charge on any atom is 0.331 e. The van der Waals surface area contributed by atoms with E-state index in [1.807, 2.05) is 6.07 Å². The molecular formula is C24H17FN2O3. The second-order valence-electron chi connectivity index (χ2n) is 6.29. The number of amides is 1. The number of nitriles is 1. The molecule has 3 rings (SSSR count). The second kappa shape index (κ2) is 9.80. The Labute approximate surface area is 173 Å². The molecule has 0 radical (unpaired) electrons. The lowest BCUT2D eigenvalue weighted by molar-refractivity contribution is -0.149. The van der Waals surface area contributed by atoms with Gasteiger partial charge in [0.1, 0.15) is 5.82 Å². The first kappa shape index (κ1) is 20.5. The SMILES string of the molecule is N#Cc1ccc(/C=C/C(=O)O[C@H](C(=O)Nc2ccc(F)cc2)c2ccccc2)cc1. The first-order valence-corrected chi connectivity index (χ1v) is 9.05. The van der Waals surface area contributed by atoms with E-state index < -0.39 is 23.8 Å². The number of benzene rings is 3. The Bertz CT molecular complexity index is 1090. The molecule has 1 amide bonds. The molecule has 0 bridgehead atoms. The summed E-state index contributed by atoms with van der Waals surface area (Å²) in [5.41, 5.74) is 2.10. The van der Waals surface area contributed by atoms with Gasteiger partial charge in [0.2, 0.25) is 6.10 Å². The molecule has 0 aromatic heterocycles. The Morgan fingerprint density at radius 1 is 0.967 bits per heavy atom. The van der Waals surface area contributed by atoms with Gasteiger partial charge in [-0.2, -0.15) is 5.26 Å². The van der Waals surface area contributed by atoms with Crippen LogP contribution in [-0.2, 0) is 14.3 Å². The van der Waals surface area contributed by atoms with Crippen molar-refractivity contribution in [1.82, 2.24) is 0 Å². The zero-order valence-electron chi connectivity index (χ0n) is 15.8. The maximum atomic E-state index is 13.1. The summed E-state index contributed by atoms with van der Waals surface area (Å²) >= 11 is 0. The van der Waals surface area contributed by atoms with Crippen LogP contribution in [0.1, 0.15) is 22.8 Å². The second-order valence-corrected chi connectivity index (χ2v) is 6.29. The van der Waals surface area contributed by atoms with Gasteiger partial charge in [0.25, 0.3) is 5.91 Å². The van der Waals surface area contributed by atoms with Gasteiger partial charge in [-0.3, -0.25) is 4.79 Å². The van der Waals surface area contributed by atoms with Crippen molar-refractivity contribution in [3.8, 4) is 6.07 Å². The molecule has 30 heavy (non-hydrogen) atoms. The van der Waals surface area contributed by atoms with E-state index in [1.165, 1.54) is 36.4 Å². The van der Waals surface area contributed by atoms with Gasteiger partial charge in [-0.15, -0.1) is 0 Å². The van der Waals surface area contributed by atoms with E-state index in [4.69, 9.17) is 10.00 Å². The monoisotopic (exact) mass is 400 g/mol. The maximum absolute atomic E-state index is 13.1. The van der Waals surface area contributed by atoms with Crippen molar-refractivity contribution in [2.45, 2.75) is 6.10 Å². The van der Waals surface area contributed by atoms with Gasteiger partial charge in [0.05, 0.1) is 11.6 Å². The molecule has 0 saturated heterocycles. The molecule has 0 spiro atoms. The zero-order chi connectivity index (χ0) is 21.3. The van der Waals surface area contributed by atoms with Crippen molar-refractivity contribution in [1.29, 1.82) is 5.26 Å². The van der Waals surface area contributed by atoms with Crippen LogP contribution in [0, 0.1) is 17.1 Å². The predicted octanol–water partition coefficient (Wildman–Crippen LogP) is 4.63. The lowest BCUT2D eigenvalue weighted by atomic mass is 10.1. The van der Waals surface area contributed by atoms with Gasteiger partial charge in [0, 0.05) is 17.3 Å². The van der Waals surface area contributed by atoms with Crippen molar-refractivity contribution in [3.63, 3.8) is 0 Å². The van der Waals surface area contributed by atoms with Gasteiger partial charge in [-0.05, 0) is 48.0 Å².